The predicted octanol–water partition coefficient (Wildman–Crippen LogP) is 4.16. The maximum Gasteiger partial charge on any atom is 0.262 e. The van der Waals surface area contributed by atoms with Gasteiger partial charge in [-0.2, -0.15) is 0 Å². The van der Waals surface area contributed by atoms with Crippen molar-refractivity contribution < 1.29 is 17.9 Å². The van der Waals surface area contributed by atoms with Gasteiger partial charge in [0.2, 0.25) is 10.0 Å². The van der Waals surface area contributed by atoms with Crippen LogP contribution in [0.5, 0.6) is 5.75 Å². The summed E-state index contributed by atoms with van der Waals surface area (Å²) >= 11 is 3.43. The summed E-state index contributed by atoms with van der Waals surface area (Å²) in [5.74, 6) is 0.353. The first-order valence-electron chi connectivity index (χ1n) is 8.94. The van der Waals surface area contributed by atoms with Crippen LogP contribution in [0.3, 0.4) is 0 Å². The van der Waals surface area contributed by atoms with Gasteiger partial charge in [-0.3, -0.25) is 4.79 Å². The summed E-state index contributed by atoms with van der Waals surface area (Å²) in [6, 6.07) is 9.74. The van der Waals surface area contributed by atoms with E-state index >= 15 is 0 Å². The lowest BCUT2D eigenvalue weighted by Gasteiger charge is -2.14. The number of ether oxygens (including phenoxy) is 1. The first-order chi connectivity index (χ1) is 13.1. The van der Waals surface area contributed by atoms with Crippen molar-refractivity contribution >= 4 is 37.5 Å². The fourth-order valence-corrected chi connectivity index (χ4v) is 4.61. The third-order valence-corrected chi connectivity index (χ3v) is 6.25. The summed E-state index contributed by atoms with van der Waals surface area (Å²) in [5, 5.41) is 2.70. The smallest absolute Gasteiger partial charge is 0.262 e. The number of benzene rings is 2. The van der Waals surface area contributed by atoms with Gasteiger partial charge in [-0.05, 0) is 74.7 Å². The van der Waals surface area contributed by atoms with Crippen molar-refractivity contribution in [2.45, 2.75) is 45.1 Å². The Morgan fingerprint density at radius 3 is 2.25 bits per heavy atom. The molecule has 0 saturated heterocycles. The monoisotopic (exact) mass is 468 g/mol. The molecule has 6 nitrogen and oxygen atoms in total. The van der Waals surface area contributed by atoms with Crippen LogP contribution in [0, 0.1) is 13.8 Å². The zero-order valence-corrected chi connectivity index (χ0v) is 18.8. The molecule has 152 valence electrons. The van der Waals surface area contributed by atoms with Crippen LogP contribution in [0.25, 0.3) is 0 Å². The molecule has 0 aliphatic rings. The number of hydrogen-bond acceptors (Lipinski definition) is 4. The lowest BCUT2D eigenvalue weighted by atomic mass is 10.1. The first-order valence-corrected chi connectivity index (χ1v) is 11.2. The molecule has 0 aromatic heterocycles. The van der Waals surface area contributed by atoms with Crippen molar-refractivity contribution in [2.24, 2.45) is 0 Å². The first kappa shape index (κ1) is 22.4. The molecule has 28 heavy (non-hydrogen) atoms. The van der Waals surface area contributed by atoms with Gasteiger partial charge in [-0.15, -0.1) is 0 Å². The van der Waals surface area contributed by atoms with Crippen LogP contribution in [-0.4, -0.2) is 27.0 Å². The van der Waals surface area contributed by atoms with E-state index in [0.29, 0.717) is 17.9 Å². The minimum atomic E-state index is -3.57. The highest BCUT2D eigenvalue weighted by Crippen LogP contribution is 2.27. The van der Waals surface area contributed by atoms with Gasteiger partial charge in [0.25, 0.3) is 5.91 Å². The molecule has 8 heteroatoms. The molecule has 1 atom stereocenters. The summed E-state index contributed by atoms with van der Waals surface area (Å²) in [6.07, 6.45) is 0.699. The van der Waals surface area contributed by atoms with E-state index in [-0.39, 0.29) is 23.5 Å². The average molecular weight is 469 g/mol. The van der Waals surface area contributed by atoms with Gasteiger partial charge >= 0.3 is 0 Å². The average Bonchev–Trinajstić information content (AvgIpc) is 2.60. The second kappa shape index (κ2) is 9.54. The SMILES string of the molecule is CCC(C)NS(=O)(=O)c1ccc(NC(=O)COc2c(C)cc(Br)cc2C)cc1. The summed E-state index contributed by atoms with van der Waals surface area (Å²) in [7, 11) is -3.57. The Kier molecular flexibility index (Phi) is 7.63. The van der Waals surface area contributed by atoms with Gasteiger partial charge < -0.3 is 10.1 Å². The second-order valence-corrected chi connectivity index (χ2v) is 9.29. The Morgan fingerprint density at radius 1 is 1.14 bits per heavy atom. The molecule has 0 aliphatic heterocycles. The lowest BCUT2D eigenvalue weighted by Crippen LogP contribution is -2.32. The highest BCUT2D eigenvalue weighted by molar-refractivity contribution is 9.10. The van der Waals surface area contributed by atoms with Crippen molar-refractivity contribution in [1.29, 1.82) is 0 Å². The van der Waals surface area contributed by atoms with Gasteiger partial charge in [0.15, 0.2) is 6.61 Å². The van der Waals surface area contributed by atoms with E-state index in [9.17, 15) is 13.2 Å². The molecular formula is C20H25BrN2O4S. The molecule has 2 N–H and O–H groups in total. The van der Waals surface area contributed by atoms with Gasteiger partial charge in [0, 0.05) is 16.2 Å². The highest BCUT2D eigenvalue weighted by Gasteiger charge is 2.16. The summed E-state index contributed by atoms with van der Waals surface area (Å²) in [4.78, 5) is 12.3. The van der Waals surface area contributed by atoms with Crippen LogP contribution in [0.2, 0.25) is 0 Å². The molecule has 2 rings (SSSR count). The van der Waals surface area contributed by atoms with E-state index in [0.717, 1.165) is 15.6 Å². The molecule has 2 aromatic carbocycles. The van der Waals surface area contributed by atoms with Crippen molar-refractivity contribution in [3.8, 4) is 5.75 Å². The number of rotatable bonds is 8. The van der Waals surface area contributed by atoms with Gasteiger partial charge in [0.05, 0.1) is 4.90 Å². The molecular weight excluding hydrogens is 444 g/mol. The Hall–Kier alpha value is -1.90. The van der Waals surface area contributed by atoms with Crippen molar-refractivity contribution in [1.82, 2.24) is 4.72 Å². The number of sulfonamides is 1. The lowest BCUT2D eigenvalue weighted by molar-refractivity contribution is -0.118. The number of anilines is 1. The van der Waals surface area contributed by atoms with Crippen LogP contribution in [0.4, 0.5) is 5.69 Å². The van der Waals surface area contributed by atoms with Gasteiger partial charge in [-0.1, -0.05) is 22.9 Å². The van der Waals surface area contributed by atoms with Crippen LogP contribution in [0.1, 0.15) is 31.4 Å². The van der Waals surface area contributed by atoms with E-state index in [2.05, 4.69) is 26.0 Å². The maximum absolute atomic E-state index is 12.3. The molecule has 0 heterocycles. The normalized spacial score (nSPS) is 12.5. The fourth-order valence-electron chi connectivity index (χ4n) is 2.59. The van der Waals surface area contributed by atoms with Crippen molar-refractivity contribution in [3.05, 3.63) is 52.0 Å². The molecule has 1 amide bonds. The molecule has 2 aromatic rings. The zero-order valence-electron chi connectivity index (χ0n) is 16.4. The van der Waals surface area contributed by atoms with Crippen molar-refractivity contribution in [3.63, 3.8) is 0 Å². The number of carbonyl (C=O) groups is 1. The number of halogens is 1. The van der Waals surface area contributed by atoms with E-state index in [1.54, 1.807) is 19.1 Å². The Balaban J connectivity index is 1.98. The molecule has 0 aliphatic carbocycles. The molecule has 0 bridgehead atoms. The van der Waals surface area contributed by atoms with E-state index in [1.165, 1.54) is 12.1 Å². The fraction of sp³-hybridized carbons (Fsp3) is 0.350. The molecule has 0 spiro atoms. The van der Waals surface area contributed by atoms with E-state index in [4.69, 9.17) is 4.74 Å². The maximum atomic E-state index is 12.3. The summed E-state index contributed by atoms with van der Waals surface area (Å²) in [6.45, 7) is 7.40. The standard InChI is InChI=1S/C20H25BrN2O4S/c1-5-15(4)23-28(25,26)18-8-6-17(7-9-18)22-19(24)12-27-20-13(2)10-16(21)11-14(20)3/h6-11,15,23H,5,12H2,1-4H3,(H,22,24). The van der Waals surface area contributed by atoms with Gasteiger partial charge in [0.1, 0.15) is 5.75 Å². The van der Waals surface area contributed by atoms with Crippen LogP contribution in [-0.2, 0) is 14.8 Å². The molecule has 0 fully saturated rings. The molecule has 1 unspecified atom stereocenters. The quantitative estimate of drug-likeness (QED) is 0.608. The minimum Gasteiger partial charge on any atom is -0.483 e. The number of hydrogen-bond donors (Lipinski definition) is 2. The van der Waals surface area contributed by atoms with E-state index < -0.39 is 10.0 Å². The largest absolute Gasteiger partial charge is 0.483 e. The van der Waals surface area contributed by atoms with Crippen LogP contribution in [0.15, 0.2) is 45.8 Å². The molecule has 0 saturated carbocycles. The third kappa shape index (κ3) is 6.05. The predicted molar refractivity (Wildman–Crippen MR) is 114 cm³/mol. The number of nitrogens with one attached hydrogen (secondary N) is 2. The third-order valence-electron chi connectivity index (χ3n) is 4.19. The summed E-state index contributed by atoms with van der Waals surface area (Å²) < 4.78 is 33.7. The zero-order chi connectivity index (χ0) is 20.9. The Morgan fingerprint density at radius 2 is 1.71 bits per heavy atom. The minimum absolute atomic E-state index is 0.140. The van der Waals surface area contributed by atoms with Crippen LogP contribution >= 0.6 is 15.9 Å². The second-order valence-electron chi connectivity index (χ2n) is 6.66. The van der Waals surface area contributed by atoms with Gasteiger partial charge in [-0.25, -0.2) is 13.1 Å². The number of aryl methyl sites for hydroxylation is 2. The highest BCUT2D eigenvalue weighted by atomic mass is 79.9. The van der Waals surface area contributed by atoms with Crippen molar-refractivity contribution in [2.75, 3.05) is 11.9 Å². The van der Waals surface area contributed by atoms with Crippen LogP contribution < -0.4 is 14.8 Å². The van der Waals surface area contributed by atoms with E-state index in [1.807, 2.05) is 32.9 Å². The molecule has 0 radical (unpaired) electrons. The topological polar surface area (TPSA) is 84.5 Å². The number of amides is 1. The Labute approximate surface area is 174 Å². The number of carbonyl (C=O) groups excluding carboxylic acids is 1. The summed E-state index contributed by atoms with van der Waals surface area (Å²) in [5.41, 5.74) is 2.37. The Bertz CT molecular complexity index is 920.